The van der Waals surface area contributed by atoms with Crippen molar-refractivity contribution in [1.29, 1.82) is 0 Å². The van der Waals surface area contributed by atoms with E-state index in [1.54, 1.807) is 23.6 Å². The molecular formula is C12H13BrN2O2S2. The van der Waals surface area contributed by atoms with Crippen molar-refractivity contribution in [3.05, 3.63) is 45.1 Å². The Balaban J connectivity index is 2.36. The van der Waals surface area contributed by atoms with E-state index >= 15 is 0 Å². The fourth-order valence-corrected chi connectivity index (χ4v) is 4.33. The molecule has 0 spiro atoms. The zero-order valence-electron chi connectivity index (χ0n) is 10.2. The number of hydrogen-bond donors (Lipinski definition) is 2. The number of benzene rings is 1. The van der Waals surface area contributed by atoms with Crippen molar-refractivity contribution in [3.63, 3.8) is 0 Å². The molecule has 2 aromatic rings. The summed E-state index contributed by atoms with van der Waals surface area (Å²) in [7, 11) is -1.75. The highest BCUT2D eigenvalue weighted by Crippen LogP contribution is 2.26. The van der Waals surface area contributed by atoms with Gasteiger partial charge in [-0.1, -0.05) is 6.07 Å². The second-order valence-corrected chi connectivity index (χ2v) is 7.20. The smallest absolute Gasteiger partial charge is 0.263 e. The molecule has 2 N–H and O–H groups in total. The maximum atomic E-state index is 12.3. The van der Waals surface area contributed by atoms with Gasteiger partial charge in [0.05, 0.1) is 5.69 Å². The van der Waals surface area contributed by atoms with Crippen LogP contribution in [0.15, 0.2) is 44.4 Å². The van der Waals surface area contributed by atoms with E-state index < -0.39 is 10.0 Å². The van der Waals surface area contributed by atoms with E-state index in [9.17, 15) is 8.42 Å². The van der Waals surface area contributed by atoms with Gasteiger partial charge in [0, 0.05) is 16.4 Å². The molecule has 0 saturated carbocycles. The fourth-order valence-electron chi connectivity index (χ4n) is 1.60. The van der Waals surface area contributed by atoms with E-state index in [4.69, 9.17) is 0 Å². The van der Waals surface area contributed by atoms with E-state index in [1.165, 1.54) is 11.3 Å². The molecule has 19 heavy (non-hydrogen) atoms. The van der Waals surface area contributed by atoms with E-state index in [0.717, 1.165) is 5.56 Å². The average Bonchev–Trinajstić information content (AvgIpc) is 2.84. The molecule has 0 bridgehead atoms. The summed E-state index contributed by atoms with van der Waals surface area (Å²) >= 11 is 4.73. The van der Waals surface area contributed by atoms with Crippen LogP contribution in [0.25, 0.3) is 0 Å². The van der Waals surface area contributed by atoms with Crippen molar-refractivity contribution in [3.8, 4) is 0 Å². The van der Waals surface area contributed by atoms with Gasteiger partial charge < -0.3 is 5.32 Å². The normalized spacial score (nSPS) is 11.5. The summed E-state index contributed by atoms with van der Waals surface area (Å²) in [5.74, 6) is 0. The number of nitrogens with one attached hydrogen (secondary N) is 2. The summed E-state index contributed by atoms with van der Waals surface area (Å²) in [6, 6.07) is 7.02. The van der Waals surface area contributed by atoms with Crippen molar-refractivity contribution in [2.45, 2.75) is 11.4 Å². The Morgan fingerprint density at radius 1 is 1.32 bits per heavy atom. The molecule has 0 aliphatic rings. The summed E-state index contributed by atoms with van der Waals surface area (Å²) in [5.41, 5.74) is 1.49. The highest BCUT2D eigenvalue weighted by Gasteiger charge is 2.18. The lowest BCUT2D eigenvalue weighted by atomic mass is 10.2. The Kier molecular flexibility index (Phi) is 4.62. The monoisotopic (exact) mass is 360 g/mol. The number of anilines is 1. The molecule has 0 amide bonds. The highest BCUT2D eigenvalue weighted by atomic mass is 79.9. The molecule has 102 valence electrons. The summed E-state index contributed by atoms with van der Waals surface area (Å²) in [4.78, 5) is 0.242. The van der Waals surface area contributed by atoms with E-state index in [0.29, 0.717) is 16.7 Å². The van der Waals surface area contributed by atoms with Crippen LogP contribution in [0, 0.1) is 0 Å². The van der Waals surface area contributed by atoms with Crippen molar-refractivity contribution in [1.82, 2.24) is 5.32 Å². The molecule has 1 aromatic heterocycles. The Bertz CT molecular complexity index is 654. The van der Waals surface area contributed by atoms with Crippen LogP contribution in [0.3, 0.4) is 0 Å². The van der Waals surface area contributed by atoms with Crippen LogP contribution in [0.2, 0.25) is 0 Å². The second-order valence-electron chi connectivity index (χ2n) is 3.91. The summed E-state index contributed by atoms with van der Waals surface area (Å²) < 4.78 is 27.7. The molecule has 2 rings (SSSR count). The van der Waals surface area contributed by atoms with Gasteiger partial charge in [-0.2, -0.15) is 11.3 Å². The van der Waals surface area contributed by atoms with Crippen molar-refractivity contribution in [2.75, 3.05) is 11.8 Å². The van der Waals surface area contributed by atoms with Crippen LogP contribution in [0.1, 0.15) is 5.56 Å². The number of rotatable bonds is 5. The maximum Gasteiger partial charge on any atom is 0.263 e. The third kappa shape index (κ3) is 3.56. The average molecular weight is 361 g/mol. The zero-order chi connectivity index (χ0) is 13.9. The van der Waals surface area contributed by atoms with Crippen molar-refractivity contribution < 1.29 is 8.42 Å². The zero-order valence-corrected chi connectivity index (χ0v) is 13.4. The second kappa shape index (κ2) is 6.04. The van der Waals surface area contributed by atoms with Crippen LogP contribution in [-0.4, -0.2) is 15.5 Å². The summed E-state index contributed by atoms with van der Waals surface area (Å²) in [5, 5.41) is 6.58. The van der Waals surface area contributed by atoms with Gasteiger partial charge in [0.15, 0.2) is 0 Å². The molecule has 1 heterocycles. The van der Waals surface area contributed by atoms with Crippen molar-refractivity contribution in [2.24, 2.45) is 0 Å². The third-order valence-corrected chi connectivity index (χ3v) is 5.50. The topological polar surface area (TPSA) is 58.2 Å². The summed E-state index contributed by atoms with van der Waals surface area (Å²) in [6.07, 6.45) is 0. The first-order valence-electron chi connectivity index (χ1n) is 5.51. The molecule has 0 aliphatic heterocycles. The first-order valence-corrected chi connectivity index (χ1v) is 8.73. The first kappa shape index (κ1) is 14.5. The largest absolute Gasteiger partial charge is 0.316 e. The summed E-state index contributed by atoms with van der Waals surface area (Å²) in [6.45, 7) is 0.619. The maximum absolute atomic E-state index is 12.3. The molecule has 0 atom stereocenters. The van der Waals surface area contributed by atoms with Crippen LogP contribution in [0.5, 0.6) is 0 Å². The molecule has 0 unspecified atom stereocenters. The minimum atomic E-state index is -3.57. The molecule has 1 aromatic carbocycles. The predicted octanol–water partition coefficient (Wildman–Crippen LogP) is 3.03. The minimum absolute atomic E-state index is 0.242. The van der Waals surface area contributed by atoms with E-state index in [-0.39, 0.29) is 4.90 Å². The lowest BCUT2D eigenvalue weighted by molar-refractivity contribution is 0.600. The van der Waals surface area contributed by atoms with Crippen LogP contribution in [-0.2, 0) is 16.6 Å². The van der Waals surface area contributed by atoms with Gasteiger partial charge in [-0.3, -0.25) is 4.72 Å². The van der Waals surface area contributed by atoms with Gasteiger partial charge in [-0.25, -0.2) is 8.42 Å². The lowest BCUT2D eigenvalue weighted by Crippen LogP contribution is -2.14. The number of thiophene rings is 1. The van der Waals surface area contributed by atoms with Gasteiger partial charge >= 0.3 is 0 Å². The number of sulfonamides is 1. The minimum Gasteiger partial charge on any atom is -0.316 e. The van der Waals surface area contributed by atoms with Gasteiger partial charge in [0.2, 0.25) is 0 Å². The molecule has 7 heteroatoms. The van der Waals surface area contributed by atoms with Crippen LogP contribution >= 0.6 is 27.3 Å². The standard InChI is InChI=1S/C12H13BrN2O2S2/c1-14-7-9-2-3-11(13)12(6-9)19(16,17)15-10-4-5-18-8-10/h2-6,8,14-15H,7H2,1H3. The molecule has 4 nitrogen and oxygen atoms in total. The molecule has 0 aliphatic carbocycles. The quantitative estimate of drug-likeness (QED) is 0.861. The molecule has 0 radical (unpaired) electrons. The van der Waals surface area contributed by atoms with Gasteiger partial charge in [0.25, 0.3) is 10.0 Å². The van der Waals surface area contributed by atoms with Gasteiger partial charge in [0.1, 0.15) is 4.90 Å². The fraction of sp³-hybridized carbons (Fsp3) is 0.167. The lowest BCUT2D eigenvalue weighted by Gasteiger charge is -2.10. The van der Waals surface area contributed by atoms with Gasteiger partial charge in [-0.05, 0) is 52.1 Å². The molecule has 0 fully saturated rings. The van der Waals surface area contributed by atoms with E-state index in [2.05, 4.69) is 26.0 Å². The van der Waals surface area contributed by atoms with Gasteiger partial charge in [-0.15, -0.1) is 0 Å². The Morgan fingerprint density at radius 2 is 2.11 bits per heavy atom. The van der Waals surface area contributed by atoms with Crippen molar-refractivity contribution >= 4 is 43.0 Å². The Hall–Kier alpha value is -0.890. The SMILES string of the molecule is CNCc1ccc(Br)c(S(=O)(=O)Nc2ccsc2)c1. The number of hydrogen-bond acceptors (Lipinski definition) is 4. The predicted molar refractivity (Wildman–Crippen MR) is 82.0 cm³/mol. The van der Waals surface area contributed by atoms with E-state index in [1.807, 2.05) is 18.5 Å². The first-order chi connectivity index (χ1) is 9.03. The Morgan fingerprint density at radius 3 is 2.74 bits per heavy atom. The van der Waals surface area contributed by atoms with Crippen LogP contribution < -0.4 is 10.0 Å². The number of halogens is 1. The van der Waals surface area contributed by atoms with Crippen LogP contribution in [0.4, 0.5) is 5.69 Å². The Labute approximate surface area is 125 Å². The third-order valence-electron chi connectivity index (χ3n) is 2.44. The molecule has 0 saturated heterocycles. The highest BCUT2D eigenvalue weighted by molar-refractivity contribution is 9.10. The molecular weight excluding hydrogens is 348 g/mol.